The van der Waals surface area contributed by atoms with E-state index in [0.29, 0.717) is 0 Å². The number of carbonyl (C=O) groups excluding carboxylic acids is 2. The van der Waals surface area contributed by atoms with Crippen molar-refractivity contribution >= 4 is 38.9 Å². The van der Waals surface area contributed by atoms with Gasteiger partial charge in [-0.1, -0.05) is 30.3 Å². The lowest BCUT2D eigenvalue weighted by Gasteiger charge is -2.20. The molecule has 0 radical (unpaired) electrons. The van der Waals surface area contributed by atoms with E-state index in [0.717, 1.165) is 16.1 Å². The summed E-state index contributed by atoms with van der Waals surface area (Å²) in [6.07, 6.45) is -1.00. The predicted octanol–water partition coefficient (Wildman–Crippen LogP) is 3.91. The number of benzene rings is 1. The smallest absolute Gasteiger partial charge is 0.385 e. The minimum atomic E-state index is -5.32. The Labute approximate surface area is 230 Å². The second-order valence-corrected chi connectivity index (χ2v) is 11.0. The van der Waals surface area contributed by atoms with Crippen molar-refractivity contribution in [3.05, 3.63) is 89.8 Å². The van der Waals surface area contributed by atoms with E-state index in [9.17, 15) is 31.2 Å². The van der Waals surface area contributed by atoms with Crippen LogP contribution in [0.2, 0.25) is 0 Å². The SMILES string of the molecule is O=C(CNc1cccc(C(NCc2ccc(-c3nccs3)cc2)S(=O)(=O)c2cccnc2)n1)OC(=O)C(F)(F)F. The molecule has 0 aliphatic carbocycles. The fraction of sp³-hybridized carbons (Fsp3) is 0.160. The van der Waals surface area contributed by atoms with Crippen LogP contribution in [-0.2, 0) is 30.7 Å². The fourth-order valence-corrected chi connectivity index (χ4v) is 5.57. The summed E-state index contributed by atoms with van der Waals surface area (Å²) < 4.78 is 67.8. The van der Waals surface area contributed by atoms with Crippen molar-refractivity contribution in [2.24, 2.45) is 0 Å². The summed E-state index contributed by atoms with van der Waals surface area (Å²) in [6, 6.07) is 14.5. The molecule has 0 saturated heterocycles. The van der Waals surface area contributed by atoms with Crippen molar-refractivity contribution in [3.63, 3.8) is 0 Å². The lowest BCUT2D eigenvalue weighted by molar-refractivity contribution is -0.201. The summed E-state index contributed by atoms with van der Waals surface area (Å²) in [5.74, 6) is -4.17. The number of carbonyl (C=O) groups is 2. The van der Waals surface area contributed by atoms with E-state index < -0.39 is 39.9 Å². The van der Waals surface area contributed by atoms with Crippen LogP contribution in [0.25, 0.3) is 10.6 Å². The van der Waals surface area contributed by atoms with Gasteiger partial charge in [-0.15, -0.1) is 11.3 Å². The van der Waals surface area contributed by atoms with E-state index in [-0.39, 0.29) is 23.0 Å². The molecule has 0 fully saturated rings. The Bertz CT molecular complexity index is 1570. The number of alkyl halides is 3. The minimum absolute atomic E-state index is 0.0325. The number of thiazole rings is 1. The van der Waals surface area contributed by atoms with Gasteiger partial charge >= 0.3 is 18.1 Å². The Kier molecular flexibility index (Phi) is 8.86. The number of ether oxygens (including phenoxy) is 1. The molecule has 0 aliphatic rings. The second-order valence-electron chi connectivity index (χ2n) is 8.09. The van der Waals surface area contributed by atoms with Gasteiger partial charge < -0.3 is 10.1 Å². The number of hydrogen-bond acceptors (Lipinski definition) is 11. The standard InChI is InChI=1S/C25H20F3N5O5S2/c26-25(27,28)24(35)38-21(34)15-31-20-5-1-4-19(33-20)23(40(36,37)18-3-2-10-29-14-18)32-13-16-6-8-17(9-7-16)22-30-11-12-39-22/h1-12,14,23,32H,13,15H2,(H,31,33). The molecule has 10 nitrogen and oxygen atoms in total. The van der Waals surface area contributed by atoms with Crippen molar-refractivity contribution in [2.45, 2.75) is 23.0 Å². The van der Waals surface area contributed by atoms with Crippen molar-refractivity contribution < 1.29 is 35.9 Å². The molecule has 0 spiro atoms. The average molecular weight is 592 g/mol. The number of sulfone groups is 1. The van der Waals surface area contributed by atoms with Gasteiger partial charge in [0, 0.05) is 36.1 Å². The van der Waals surface area contributed by atoms with Gasteiger partial charge in [0.25, 0.3) is 0 Å². The van der Waals surface area contributed by atoms with Crippen LogP contribution in [-0.4, -0.2) is 48.0 Å². The van der Waals surface area contributed by atoms with Gasteiger partial charge in [-0.25, -0.2) is 28.0 Å². The first-order valence-electron chi connectivity index (χ1n) is 11.4. The highest BCUT2D eigenvalue weighted by Gasteiger charge is 2.42. The maximum absolute atomic E-state index is 13.6. The molecule has 4 aromatic rings. The zero-order chi connectivity index (χ0) is 28.8. The lowest BCUT2D eigenvalue weighted by Crippen LogP contribution is -2.31. The van der Waals surface area contributed by atoms with Crippen LogP contribution < -0.4 is 10.6 Å². The maximum atomic E-state index is 13.6. The first-order valence-corrected chi connectivity index (χ1v) is 13.9. The van der Waals surface area contributed by atoms with Crippen molar-refractivity contribution in [3.8, 4) is 10.6 Å². The van der Waals surface area contributed by atoms with Gasteiger partial charge in [-0.2, -0.15) is 13.2 Å². The Hall–Kier alpha value is -4.21. The van der Waals surface area contributed by atoms with Crippen LogP contribution in [0.3, 0.4) is 0 Å². The zero-order valence-corrected chi connectivity index (χ0v) is 22.0. The van der Waals surface area contributed by atoms with E-state index in [1.165, 1.54) is 54.1 Å². The molecule has 208 valence electrons. The highest BCUT2D eigenvalue weighted by molar-refractivity contribution is 7.91. The van der Waals surface area contributed by atoms with E-state index in [4.69, 9.17) is 0 Å². The van der Waals surface area contributed by atoms with Crippen LogP contribution in [0, 0.1) is 0 Å². The molecule has 0 bridgehead atoms. The normalized spacial score (nSPS) is 12.5. The number of nitrogens with zero attached hydrogens (tertiary/aromatic N) is 3. The summed E-state index contributed by atoms with van der Waals surface area (Å²) >= 11 is 1.49. The minimum Gasteiger partial charge on any atom is -0.385 e. The highest BCUT2D eigenvalue weighted by Crippen LogP contribution is 2.27. The highest BCUT2D eigenvalue weighted by atomic mass is 32.2. The Morgan fingerprint density at radius 3 is 2.45 bits per heavy atom. The van der Waals surface area contributed by atoms with Crippen LogP contribution in [0.4, 0.5) is 19.0 Å². The first-order chi connectivity index (χ1) is 19.0. The molecule has 15 heteroatoms. The largest absolute Gasteiger partial charge is 0.491 e. The van der Waals surface area contributed by atoms with Gasteiger partial charge in [0.1, 0.15) is 17.4 Å². The molecule has 0 aliphatic heterocycles. The third-order valence-corrected chi connectivity index (χ3v) is 8.04. The monoisotopic (exact) mass is 591 g/mol. The third-order valence-electron chi connectivity index (χ3n) is 5.29. The van der Waals surface area contributed by atoms with E-state index in [1.807, 2.05) is 29.6 Å². The number of esters is 2. The van der Waals surface area contributed by atoms with Gasteiger partial charge in [-0.3, -0.25) is 10.3 Å². The van der Waals surface area contributed by atoms with Gasteiger partial charge in [0.15, 0.2) is 5.37 Å². The van der Waals surface area contributed by atoms with Crippen molar-refractivity contribution in [1.82, 2.24) is 20.3 Å². The summed E-state index contributed by atoms with van der Waals surface area (Å²) in [5, 5.41) is 6.78. The van der Waals surface area contributed by atoms with Crippen LogP contribution in [0.5, 0.6) is 0 Å². The fourth-order valence-electron chi connectivity index (χ4n) is 3.42. The molecule has 40 heavy (non-hydrogen) atoms. The second kappa shape index (κ2) is 12.3. The topological polar surface area (TPSA) is 140 Å². The number of hydrogen-bond donors (Lipinski definition) is 2. The van der Waals surface area contributed by atoms with Gasteiger partial charge in [0.2, 0.25) is 9.84 Å². The quantitative estimate of drug-likeness (QED) is 0.206. The summed E-state index contributed by atoms with van der Waals surface area (Å²) in [4.78, 5) is 34.8. The molecule has 3 aromatic heterocycles. The van der Waals surface area contributed by atoms with Gasteiger partial charge in [-0.05, 0) is 29.8 Å². The number of nitrogens with one attached hydrogen (secondary N) is 2. The van der Waals surface area contributed by atoms with E-state index in [2.05, 4.69) is 30.3 Å². The number of pyridine rings is 2. The van der Waals surface area contributed by atoms with Crippen LogP contribution >= 0.6 is 11.3 Å². The van der Waals surface area contributed by atoms with Crippen molar-refractivity contribution in [2.75, 3.05) is 11.9 Å². The van der Waals surface area contributed by atoms with E-state index >= 15 is 0 Å². The Balaban J connectivity index is 1.53. The van der Waals surface area contributed by atoms with Crippen LogP contribution in [0.15, 0.2) is 83.5 Å². The van der Waals surface area contributed by atoms with Gasteiger partial charge in [0.05, 0.1) is 10.6 Å². The molecule has 1 aromatic carbocycles. The summed E-state index contributed by atoms with van der Waals surface area (Å²) in [6.45, 7) is -0.690. The van der Waals surface area contributed by atoms with Crippen molar-refractivity contribution in [1.29, 1.82) is 0 Å². The third kappa shape index (κ3) is 7.25. The molecule has 1 atom stereocenters. The molecule has 0 amide bonds. The lowest BCUT2D eigenvalue weighted by atomic mass is 10.1. The number of rotatable bonds is 10. The predicted molar refractivity (Wildman–Crippen MR) is 138 cm³/mol. The molecule has 0 saturated carbocycles. The average Bonchev–Trinajstić information content (AvgIpc) is 3.48. The molecule has 2 N–H and O–H groups in total. The zero-order valence-electron chi connectivity index (χ0n) is 20.3. The first kappa shape index (κ1) is 28.8. The van der Waals surface area contributed by atoms with E-state index in [1.54, 1.807) is 6.20 Å². The number of halogens is 3. The molecular weight excluding hydrogens is 571 g/mol. The summed E-state index contributed by atoms with van der Waals surface area (Å²) in [7, 11) is -4.08. The number of aromatic nitrogens is 3. The summed E-state index contributed by atoms with van der Waals surface area (Å²) in [5.41, 5.74) is 1.72. The Morgan fingerprint density at radius 1 is 1.02 bits per heavy atom. The Morgan fingerprint density at radius 2 is 1.80 bits per heavy atom. The number of anilines is 1. The van der Waals surface area contributed by atoms with Crippen LogP contribution in [0.1, 0.15) is 16.6 Å². The molecule has 1 unspecified atom stereocenters. The molecule has 4 rings (SSSR count). The maximum Gasteiger partial charge on any atom is 0.491 e. The molecular formula is C25H20F3N5O5S2. The molecule has 3 heterocycles.